The van der Waals surface area contributed by atoms with Gasteiger partial charge in [0.15, 0.2) is 12.4 Å². The van der Waals surface area contributed by atoms with Crippen molar-refractivity contribution in [3.63, 3.8) is 0 Å². The molecule has 0 unspecified atom stereocenters. The van der Waals surface area contributed by atoms with Crippen molar-refractivity contribution in [3.05, 3.63) is 65.7 Å². The topological polar surface area (TPSA) is 80.8 Å². The highest BCUT2D eigenvalue weighted by Crippen LogP contribution is 2.14. The van der Waals surface area contributed by atoms with E-state index in [0.717, 1.165) is 47.8 Å². The number of sulfonamides is 1. The third-order valence-corrected chi connectivity index (χ3v) is 5.22. The Morgan fingerprint density at radius 2 is 1.46 bits per heavy atom. The van der Waals surface area contributed by atoms with E-state index in [1.165, 1.54) is 12.1 Å². The Morgan fingerprint density at radius 3 is 2.00 bits per heavy atom. The summed E-state index contributed by atoms with van der Waals surface area (Å²) in [6.45, 7) is -1.23. The highest BCUT2D eigenvalue weighted by atomic mass is 32.2. The van der Waals surface area contributed by atoms with Gasteiger partial charge in [-0.05, 0) is 48.5 Å². The summed E-state index contributed by atoms with van der Waals surface area (Å²) in [5.41, 5.74) is 0.159. The number of Topliss-reactive ketones (excluding diaryl/α,β-unsaturated/α-hetero) is 1. The van der Waals surface area contributed by atoms with Crippen LogP contribution >= 0.6 is 0 Å². The van der Waals surface area contributed by atoms with Crippen molar-refractivity contribution in [2.45, 2.75) is 4.90 Å². The van der Waals surface area contributed by atoms with Gasteiger partial charge in [-0.3, -0.25) is 9.59 Å². The van der Waals surface area contributed by atoms with Crippen LogP contribution in [-0.2, 0) is 19.6 Å². The number of nitrogens with zero attached hydrogens (tertiary/aromatic N) is 1. The van der Waals surface area contributed by atoms with Crippen LogP contribution in [0.5, 0.6) is 0 Å². The fourth-order valence-corrected chi connectivity index (χ4v) is 3.08. The van der Waals surface area contributed by atoms with E-state index in [1.807, 2.05) is 0 Å². The van der Waals surface area contributed by atoms with Crippen molar-refractivity contribution in [1.82, 2.24) is 4.31 Å². The molecule has 0 aliphatic carbocycles. The van der Waals surface area contributed by atoms with Gasteiger partial charge in [0.2, 0.25) is 10.0 Å². The van der Waals surface area contributed by atoms with Crippen LogP contribution in [0.1, 0.15) is 10.4 Å². The maximum atomic E-state index is 12.9. The molecular formula is C17H15F2NO5S. The standard InChI is InChI=1S/C17H15F2NO5S/c1-20(26(23,24)15-8-6-14(19)7-9-15)10-17(22)25-11-16(21)12-2-4-13(18)5-3-12/h2-9H,10-11H2,1H3. The highest BCUT2D eigenvalue weighted by molar-refractivity contribution is 7.89. The molecule has 0 fully saturated rings. The maximum Gasteiger partial charge on any atom is 0.321 e. The molecule has 9 heteroatoms. The molecule has 0 aromatic heterocycles. The summed E-state index contributed by atoms with van der Waals surface area (Å²) in [6.07, 6.45) is 0. The molecule has 0 N–H and O–H groups in total. The lowest BCUT2D eigenvalue weighted by molar-refractivity contribution is -0.142. The zero-order chi connectivity index (χ0) is 19.3. The first-order chi connectivity index (χ1) is 12.2. The molecule has 0 amide bonds. The molecular weight excluding hydrogens is 368 g/mol. The number of likely N-dealkylation sites (N-methyl/N-ethyl adjacent to an activating group) is 1. The van der Waals surface area contributed by atoms with Gasteiger partial charge in [-0.15, -0.1) is 0 Å². The molecule has 0 bridgehead atoms. The van der Waals surface area contributed by atoms with Gasteiger partial charge >= 0.3 is 5.97 Å². The van der Waals surface area contributed by atoms with Gasteiger partial charge < -0.3 is 4.74 Å². The quantitative estimate of drug-likeness (QED) is 0.540. The molecule has 0 aliphatic rings. The molecule has 0 atom stereocenters. The minimum absolute atomic E-state index is 0.159. The van der Waals surface area contributed by atoms with Crippen molar-refractivity contribution in [3.8, 4) is 0 Å². The normalized spacial score (nSPS) is 11.4. The van der Waals surface area contributed by atoms with E-state index < -0.39 is 46.6 Å². The first kappa shape index (κ1) is 19.7. The highest BCUT2D eigenvalue weighted by Gasteiger charge is 2.24. The van der Waals surface area contributed by atoms with Crippen molar-refractivity contribution < 1.29 is 31.5 Å². The van der Waals surface area contributed by atoms with E-state index >= 15 is 0 Å². The summed E-state index contributed by atoms with van der Waals surface area (Å²) in [5, 5.41) is 0. The number of hydrogen-bond donors (Lipinski definition) is 0. The average Bonchev–Trinajstić information content (AvgIpc) is 2.60. The Labute approximate surface area is 149 Å². The number of hydrogen-bond acceptors (Lipinski definition) is 5. The number of carbonyl (C=O) groups is 2. The number of rotatable bonds is 7. The Bertz CT molecular complexity index is 896. The Balaban J connectivity index is 1.93. The van der Waals surface area contributed by atoms with Crippen molar-refractivity contribution in [1.29, 1.82) is 0 Å². The van der Waals surface area contributed by atoms with Gasteiger partial charge in [-0.25, -0.2) is 17.2 Å². The summed E-state index contributed by atoms with van der Waals surface area (Å²) in [5.74, 6) is -2.59. The third kappa shape index (κ3) is 4.93. The van der Waals surface area contributed by atoms with Gasteiger partial charge in [-0.2, -0.15) is 4.31 Å². The van der Waals surface area contributed by atoms with Crippen LogP contribution in [0.4, 0.5) is 8.78 Å². The molecule has 0 saturated heterocycles. The molecule has 138 valence electrons. The summed E-state index contributed by atoms with van der Waals surface area (Å²) in [7, 11) is -2.85. The number of esters is 1. The number of ketones is 1. The van der Waals surface area contributed by atoms with Crippen LogP contribution in [0, 0.1) is 11.6 Å². The van der Waals surface area contributed by atoms with E-state index in [2.05, 4.69) is 0 Å². The zero-order valence-electron chi connectivity index (χ0n) is 13.7. The van der Waals surface area contributed by atoms with Gasteiger partial charge in [0.05, 0.1) is 4.90 Å². The van der Waals surface area contributed by atoms with Gasteiger partial charge in [0.1, 0.15) is 18.2 Å². The largest absolute Gasteiger partial charge is 0.456 e. The summed E-state index contributed by atoms with van der Waals surface area (Å²) in [6, 6.07) is 8.80. The smallest absolute Gasteiger partial charge is 0.321 e. The fraction of sp³-hybridized carbons (Fsp3) is 0.176. The predicted octanol–water partition coefficient (Wildman–Crippen LogP) is 2.01. The molecule has 0 radical (unpaired) electrons. The van der Waals surface area contributed by atoms with Gasteiger partial charge in [0.25, 0.3) is 0 Å². The first-order valence-corrected chi connectivity index (χ1v) is 8.80. The Morgan fingerprint density at radius 1 is 0.962 bits per heavy atom. The maximum absolute atomic E-state index is 12.9. The summed E-state index contributed by atoms with van der Waals surface area (Å²) < 4.78 is 55.7. The van der Waals surface area contributed by atoms with Crippen LogP contribution in [0.25, 0.3) is 0 Å². The van der Waals surface area contributed by atoms with E-state index in [9.17, 15) is 26.8 Å². The third-order valence-electron chi connectivity index (χ3n) is 3.40. The first-order valence-electron chi connectivity index (χ1n) is 7.36. The van der Waals surface area contributed by atoms with E-state index in [0.29, 0.717) is 0 Å². The molecule has 6 nitrogen and oxygen atoms in total. The number of ether oxygens (including phenoxy) is 1. The molecule has 0 saturated carbocycles. The molecule has 0 heterocycles. The lowest BCUT2D eigenvalue weighted by Crippen LogP contribution is -2.33. The number of carbonyl (C=O) groups excluding carboxylic acids is 2. The second kappa shape index (κ2) is 8.15. The predicted molar refractivity (Wildman–Crippen MR) is 87.9 cm³/mol. The van der Waals surface area contributed by atoms with Gasteiger partial charge in [-0.1, -0.05) is 0 Å². The SMILES string of the molecule is CN(CC(=O)OCC(=O)c1ccc(F)cc1)S(=O)(=O)c1ccc(F)cc1. The lowest BCUT2D eigenvalue weighted by Gasteiger charge is -2.16. The van der Waals surface area contributed by atoms with E-state index in [1.54, 1.807) is 0 Å². The molecule has 26 heavy (non-hydrogen) atoms. The van der Waals surface area contributed by atoms with Gasteiger partial charge in [0, 0.05) is 12.6 Å². The minimum atomic E-state index is -4.01. The van der Waals surface area contributed by atoms with Crippen LogP contribution in [0.3, 0.4) is 0 Å². The fourth-order valence-electron chi connectivity index (χ4n) is 1.96. The van der Waals surface area contributed by atoms with E-state index in [4.69, 9.17) is 4.74 Å². The Hall–Kier alpha value is -2.65. The summed E-state index contributed by atoms with van der Waals surface area (Å²) >= 11 is 0. The molecule has 2 rings (SSSR count). The second-order valence-corrected chi connectivity index (χ2v) is 7.35. The van der Waals surface area contributed by atoms with Crippen molar-refractivity contribution in [2.24, 2.45) is 0 Å². The molecule has 2 aromatic carbocycles. The molecule has 0 spiro atoms. The van der Waals surface area contributed by atoms with Crippen molar-refractivity contribution in [2.75, 3.05) is 20.2 Å². The number of halogens is 2. The second-order valence-electron chi connectivity index (χ2n) is 5.31. The van der Waals surface area contributed by atoms with Crippen LogP contribution in [-0.4, -0.2) is 44.7 Å². The molecule has 2 aromatic rings. The van der Waals surface area contributed by atoms with Crippen molar-refractivity contribution >= 4 is 21.8 Å². The van der Waals surface area contributed by atoms with Crippen LogP contribution in [0.15, 0.2) is 53.4 Å². The van der Waals surface area contributed by atoms with Crippen LogP contribution in [0.2, 0.25) is 0 Å². The molecule has 0 aliphatic heterocycles. The zero-order valence-corrected chi connectivity index (χ0v) is 14.5. The lowest BCUT2D eigenvalue weighted by atomic mass is 10.1. The summed E-state index contributed by atoms with van der Waals surface area (Å²) in [4.78, 5) is 23.4. The monoisotopic (exact) mass is 383 g/mol. The Kier molecular flexibility index (Phi) is 6.17. The van der Waals surface area contributed by atoms with Crippen LogP contribution < -0.4 is 0 Å². The minimum Gasteiger partial charge on any atom is -0.456 e. The average molecular weight is 383 g/mol. The van der Waals surface area contributed by atoms with E-state index in [-0.39, 0.29) is 10.5 Å². The number of benzene rings is 2.